The molecule has 0 spiro atoms. The Labute approximate surface area is 144 Å². The first-order valence-electron chi connectivity index (χ1n) is 7.64. The van der Waals surface area contributed by atoms with Gasteiger partial charge in [-0.05, 0) is 12.1 Å². The summed E-state index contributed by atoms with van der Waals surface area (Å²) in [5.74, 6) is 0.528. The minimum atomic E-state index is -0.148. The maximum absolute atomic E-state index is 12.3. The number of amides is 1. The lowest BCUT2D eigenvalue weighted by Gasteiger charge is -2.13. The molecule has 0 aliphatic heterocycles. The first-order chi connectivity index (χ1) is 11.4. The monoisotopic (exact) mass is 341 g/mol. The molecule has 0 atom stereocenters. The summed E-state index contributed by atoms with van der Waals surface area (Å²) in [4.78, 5) is 17.3. The first-order valence-corrected chi connectivity index (χ1v) is 8.45. The van der Waals surface area contributed by atoms with E-state index < -0.39 is 0 Å². The fraction of sp³-hybridized carbons (Fsp3) is 0.294. The van der Waals surface area contributed by atoms with Gasteiger partial charge < -0.3 is 5.32 Å². The van der Waals surface area contributed by atoms with E-state index >= 15 is 0 Å². The topological polar surface area (TPSA) is 72.7 Å². The molecule has 0 unspecified atom stereocenters. The summed E-state index contributed by atoms with van der Waals surface area (Å²) < 4.78 is 1.85. The molecule has 0 saturated carbocycles. The van der Waals surface area contributed by atoms with Gasteiger partial charge >= 0.3 is 0 Å². The lowest BCUT2D eigenvalue weighted by atomic mass is 9.98. The van der Waals surface area contributed by atoms with Gasteiger partial charge in [-0.3, -0.25) is 9.36 Å². The van der Waals surface area contributed by atoms with Crippen molar-refractivity contribution in [3.63, 3.8) is 0 Å². The molecule has 0 fully saturated rings. The summed E-state index contributed by atoms with van der Waals surface area (Å²) in [5, 5.41) is 11.9. The van der Waals surface area contributed by atoms with Gasteiger partial charge in [0.05, 0.1) is 17.7 Å². The van der Waals surface area contributed by atoms with Crippen LogP contribution in [0, 0.1) is 0 Å². The van der Waals surface area contributed by atoms with Crippen molar-refractivity contribution in [3.8, 4) is 5.69 Å². The Hall–Kier alpha value is -2.54. The van der Waals surface area contributed by atoms with Crippen LogP contribution >= 0.6 is 11.3 Å². The van der Waals surface area contributed by atoms with Gasteiger partial charge in [0.2, 0.25) is 0 Å². The predicted molar refractivity (Wildman–Crippen MR) is 93.3 cm³/mol. The minimum absolute atomic E-state index is 0.0588. The summed E-state index contributed by atoms with van der Waals surface area (Å²) in [6.45, 7) is 6.54. The molecule has 124 valence electrons. The van der Waals surface area contributed by atoms with Gasteiger partial charge in [-0.2, -0.15) is 0 Å². The molecule has 6 nitrogen and oxygen atoms in total. The third kappa shape index (κ3) is 3.51. The number of nitrogens with zero attached hydrogens (tertiary/aromatic N) is 4. The van der Waals surface area contributed by atoms with Gasteiger partial charge in [-0.25, -0.2) is 4.98 Å². The number of benzene rings is 1. The number of para-hydroxylation sites is 1. The zero-order valence-corrected chi connectivity index (χ0v) is 14.7. The Bertz CT molecular complexity index is 832. The van der Waals surface area contributed by atoms with E-state index in [-0.39, 0.29) is 11.3 Å². The molecule has 24 heavy (non-hydrogen) atoms. The molecule has 0 saturated heterocycles. The molecule has 1 amide bonds. The summed E-state index contributed by atoms with van der Waals surface area (Å²) in [6.07, 6.45) is 3.27. The Kier molecular flexibility index (Phi) is 4.44. The Morgan fingerprint density at radius 1 is 1.25 bits per heavy atom. The highest BCUT2D eigenvalue weighted by atomic mass is 32.1. The molecule has 1 N–H and O–H groups in total. The number of hydrogen-bond donors (Lipinski definition) is 1. The SMILES string of the molecule is CC(C)(C)c1ncc(C(=O)NCc2nncn2-c2ccccc2)s1. The number of thiazole rings is 1. The van der Waals surface area contributed by atoms with Gasteiger partial charge in [-0.15, -0.1) is 21.5 Å². The van der Waals surface area contributed by atoms with Crippen LogP contribution in [-0.2, 0) is 12.0 Å². The highest BCUT2D eigenvalue weighted by Gasteiger charge is 2.20. The van der Waals surface area contributed by atoms with Crippen molar-refractivity contribution in [1.82, 2.24) is 25.1 Å². The number of rotatable bonds is 4. The van der Waals surface area contributed by atoms with Gasteiger partial charge in [-0.1, -0.05) is 39.0 Å². The van der Waals surface area contributed by atoms with E-state index in [9.17, 15) is 4.79 Å². The fourth-order valence-corrected chi connectivity index (χ4v) is 3.05. The molecule has 3 aromatic rings. The lowest BCUT2D eigenvalue weighted by molar-refractivity contribution is 0.0953. The highest BCUT2D eigenvalue weighted by Crippen LogP contribution is 2.26. The number of hydrogen-bond acceptors (Lipinski definition) is 5. The lowest BCUT2D eigenvalue weighted by Crippen LogP contribution is -2.23. The van der Waals surface area contributed by atoms with Crippen molar-refractivity contribution >= 4 is 17.2 Å². The maximum Gasteiger partial charge on any atom is 0.263 e. The van der Waals surface area contributed by atoms with E-state index in [0.29, 0.717) is 17.2 Å². The predicted octanol–water partition coefficient (Wildman–Crippen LogP) is 2.95. The molecular formula is C17H19N5OS. The molecule has 2 aromatic heterocycles. The summed E-state index contributed by atoms with van der Waals surface area (Å²) in [5.41, 5.74) is 0.899. The number of carbonyl (C=O) groups is 1. The van der Waals surface area contributed by atoms with E-state index in [4.69, 9.17) is 0 Å². The quantitative estimate of drug-likeness (QED) is 0.792. The first kappa shape index (κ1) is 16.3. The van der Waals surface area contributed by atoms with Crippen molar-refractivity contribution < 1.29 is 4.79 Å². The van der Waals surface area contributed by atoms with E-state index in [0.717, 1.165) is 10.7 Å². The number of carbonyl (C=O) groups excluding carboxylic acids is 1. The molecule has 0 radical (unpaired) electrons. The highest BCUT2D eigenvalue weighted by molar-refractivity contribution is 7.13. The standard InChI is InChI=1S/C17H19N5OS/c1-17(2,3)16-19-9-13(24-16)15(23)18-10-14-21-20-11-22(14)12-7-5-4-6-8-12/h4-9,11H,10H2,1-3H3,(H,18,23). The Morgan fingerprint density at radius 2 is 2.00 bits per heavy atom. The second kappa shape index (κ2) is 6.52. The van der Waals surface area contributed by atoms with Gasteiger partial charge in [0.25, 0.3) is 5.91 Å². The van der Waals surface area contributed by atoms with E-state index in [1.54, 1.807) is 12.5 Å². The van der Waals surface area contributed by atoms with Crippen LogP contribution in [0.3, 0.4) is 0 Å². The Morgan fingerprint density at radius 3 is 2.67 bits per heavy atom. The van der Waals surface area contributed by atoms with Crippen LogP contribution in [0.4, 0.5) is 0 Å². The van der Waals surface area contributed by atoms with Crippen LogP contribution in [0.2, 0.25) is 0 Å². The fourth-order valence-electron chi connectivity index (χ4n) is 2.16. The third-order valence-electron chi connectivity index (χ3n) is 3.43. The van der Waals surface area contributed by atoms with E-state index in [1.807, 2.05) is 34.9 Å². The number of aromatic nitrogens is 4. The smallest absolute Gasteiger partial charge is 0.263 e. The van der Waals surface area contributed by atoms with E-state index in [1.165, 1.54) is 11.3 Å². The second-order valence-corrected chi connectivity index (χ2v) is 7.45. The maximum atomic E-state index is 12.3. The van der Waals surface area contributed by atoms with Crippen molar-refractivity contribution in [2.45, 2.75) is 32.7 Å². The van der Waals surface area contributed by atoms with Gasteiger partial charge in [0, 0.05) is 11.1 Å². The van der Waals surface area contributed by atoms with Crippen LogP contribution in [0.1, 0.15) is 41.3 Å². The van der Waals surface area contributed by atoms with Crippen molar-refractivity contribution in [2.75, 3.05) is 0 Å². The second-order valence-electron chi connectivity index (χ2n) is 6.42. The minimum Gasteiger partial charge on any atom is -0.344 e. The van der Waals surface area contributed by atoms with Crippen molar-refractivity contribution in [1.29, 1.82) is 0 Å². The average molecular weight is 341 g/mol. The number of nitrogens with one attached hydrogen (secondary N) is 1. The van der Waals surface area contributed by atoms with E-state index in [2.05, 4.69) is 41.3 Å². The normalized spacial score (nSPS) is 11.5. The molecule has 3 rings (SSSR count). The average Bonchev–Trinajstić information content (AvgIpc) is 3.22. The van der Waals surface area contributed by atoms with Crippen molar-refractivity contribution in [2.24, 2.45) is 0 Å². The molecule has 1 aromatic carbocycles. The van der Waals surface area contributed by atoms with Crippen LogP contribution in [0.5, 0.6) is 0 Å². The molecule has 0 bridgehead atoms. The summed E-state index contributed by atoms with van der Waals surface area (Å²) in [6, 6.07) is 9.78. The molecule has 0 aliphatic rings. The molecular weight excluding hydrogens is 322 g/mol. The summed E-state index contributed by atoms with van der Waals surface area (Å²) in [7, 11) is 0. The van der Waals surface area contributed by atoms with Crippen LogP contribution < -0.4 is 5.32 Å². The molecule has 2 heterocycles. The third-order valence-corrected chi connectivity index (χ3v) is 4.85. The largest absolute Gasteiger partial charge is 0.344 e. The molecule has 0 aliphatic carbocycles. The van der Waals surface area contributed by atoms with Gasteiger partial charge in [0.1, 0.15) is 11.2 Å². The zero-order chi connectivity index (χ0) is 17.2. The van der Waals surface area contributed by atoms with Crippen LogP contribution in [0.25, 0.3) is 5.69 Å². The van der Waals surface area contributed by atoms with Crippen LogP contribution in [-0.4, -0.2) is 25.7 Å². The van der Waals surface area contributed by atoms with Crippen molar-refractivity contribution in [3.05, 3.63) is 58.6 Å². The summed E-state index contributed by atoms with van der Waals surface area (Å²) >= 11 is 1.42. The zero-order valence-electron chi connectivity index (χ0n) is 13.9. The Balaban J connectivity index is 1.70. The van der Waals surface area contributed by atoms with Gasteiger partial charge in [0.15, 0.2) is 5.82 Å². The van der Waals surface area contributed by atoms with Crippen LogP contribution in [0.15, 0.2) is 42.9 Å². The molecule has 7 heteroatoms.